The molecule has 2 saturated heterocycles. The maximum absolute atomic E-state index is 14.7. The Kier molecular flexibility index (Phi) is 28.0. The van der Waals surface area contributed by atoms with E-state index in [2.05, 4.69) is 37.2 Å². The van der Waals surface area contributed by atoms with Crippen molar-refractivity contribution in [3.05, 3.63) is 71.8 Å². The molecule has 23 nitrogen and oxygen atoms in total. The Morgan fingerprint density at radius 2 is 0.867 bits per heavy atom. The summed E-state index contributed by atoms with van der Waals surface area (Å²) >= 11 is 0. The van der Waals surface area contributed by atoms with Crippen molar-refractivity contribution in [1.29, 1.82) is 0 Å². The van der Waals surface area contributed by atoms with Gasteiger partial charge in [0.05, 0.1) is 6.04 Å². The summed E-state index contributed by atoms with van der Waals surface area (Å²) in [5, 5.41) is 29.3. The van der Waals surface area contributed by atoms with E-state index in [1.54, 1.807) is 70.2 Å². The molecule has 2 aromatic carbocycles. The van der Waals surface area contributed by atoms with Gasteiger partial charge in [0.2, 0.25) is 53.2 Å². The van der Waals surface area contributed by atoms with E-state index in [1.165, 1.54) is 9.80 Å². The molecule has 10 atom stereocenters. The monoisotopic (exact) mass is 1160 g/mol. The molecular weight excluding hydrogens is 1060 g/mol. The quantitative estimate of drug-likeness (QED) is 0.0478. The zero-order chi connectivity index (χ0) is 61.5. The van der Waals surface area contributed by atoms with Crippen LogP contribution in [-0.2, 0) is 60.8 Å². The maximum Gasteiger partial charge on any atom is 0.326 e. The van der Waals surface area contributed by atoms with E-state index in [4.69, 9.17) is 17.2 Å². The smallest absolute Gasteiger partial charge is 0.326 e. The molecule has 2 aromatic rings. The minimum Gasteiger partial charge on any atom is -0.480 e. The third-order valence-corrected chi connectivity index (χ3v) is 15.0. The van der Waals surface area contributed by atoms with Crippen molar-refractivity contribution in [2.45, 2.75) is 193 Å². The van der Waals surface area contributed by atoms with Gasteiger partial charge < -0.3 is 69.3 Å². The molecule has 0 saturated carbocycles. The van der Waals surface area contributed by atoms with Gasteiger partial charge in [-0.3, -0.25) is 43.2 Å². The predicted octanol–water partition coefficient (Wildman–Crippen LogP) is 1.14. The second-order valence-electron chi connectivity index (χ2n) is 23.6. The number of nitrogens with one attached hydrogen (secondary N) is 7. The Morgan fingerprint density at radius 1 is 0.494 bits per heavy atom. The van der Waals surface area contributed by atoms with Gasteiger partial charge in [0.25, 0.3) is 0 Å². The van der Waals surface area contributed by atoms with Gasteiger partial charge >= 0.3 is 5.97 Å². The van der Waals surface area contributed by atoms with E-state index in [-0.39, 0.29) is 82.8 Å². The van der Waals surface area contributed by atoms with Crippen LogP contribution in [0, 0.1) is 23.7 Å². The van der Waals surface area contributed by atoms with E-state index in [0.717, 1.165) is 5.56 Å². The summed E-state index contributed by atoms with van der Waals surface area (Å²) in [5.41, 5.74) is 19.1. The third kappa shape index (κ3) is 21.3. The lowest BCUT2D eigenvalue weighted by molar-refractivity contribution is -0.146. The molecule has 2 heterocycles. The molecule has 460 valence electrons. The van der Waals surface area contributed by atoms with Crippen molar-refractivity contribution in [3.8, 4) is 0 Å². The lowest BCUT2D eigenvalue weighted by Gasteiger charge is -2.32. The zero-order valence-electron chi connectivity index (χ0n) is 49.8. The molecule has 23 heteroatoms. The fourth-order valence-electron chi connectivity index (χ4n) is 10.5. The van der Waals surface area contributed by atoms with Gasteiger partial charge in [-0.25, -0.2) is 4.79 Å². The maximum atomic E-state index is 14.7. The molecule has 83 heavy (non-hydrogen) atoms. The Bertz CT molecular complexity index is 2480. The number of nitrogens with two attached hydrogens (primary N) is 3. The highest BCUT2D eigenvalue weighted by Crippen LogP contribution is 2.23. The number of hydrogen-bond donors (Lipinski definition) is 11. The number of amides is 9. The van der Waals surface area contributed by atoms with Crippen LogP contribution >= 0.6 is 0 Å². The number of carbonyl (C=O) groups excluding carboxylic acids is 9. The number of carbonyl (C=O) groups is 10. The summed E-state index contributed by atoms with van der Waals surface area (Å²) in [6, 6.07) is 6.87. The van der Waals surface area contributed by atoms with E-state index in [9.17, 15) is 53.1 Å². The molecular formula is C60H94N12O11. The average molecular weight is 1160 g/mol. The van der Waals surface area contributed by atoms with Crippen LogP contribution in [-0.4, -0.2) is 161 Å². The van der Waals surface area contributed by atoms with Crippen molar-refractivity contribution in [3.63, 3.8) is 0 Å². The number of carboxylic acid groups (broad SMARTS) is 1. The van der Waals surface area contributed by atoms with Crippen LogP contribution in [0.1, 0.15) is 131 Å². The van der Waals surface area contributed by atoms with Gasteiger partial charge in [0.15, 0.2) is 0 Å². The first-order valence-electron chi connectivity index (χ1n) is 29.6. The van der Waals surface area contributed by atoms with Crippen molar-refractivity contribution in [1.82, 2.24) is 47.0 Å². The van der Waals surface area contributed by atoms with Gasteiger partial charge in [-0.2, -0.15) is 0 Å². The lowest BCUT2D eigenvalue weighted by atomic mass is 9.99. The van der Waals surface area contributed by atoms with Gasteiger partial charge in [0.1, 0.15) is 54.4 Å². The fourth-order valence-corrected chi connectivity index (χ4v) is 10.5. The Morgan fingerprint density at radius 3 is 1.27 bits per heavy atom. The lowest BCUT2D eigenvalue weighted by Crippen LogP contribution is -2.61. The van der Waals surface area contributed by atoms with Gasteiger partial charge in [0, 0.05) is 25.9 Å². The highest BCUT2D eigenvalue weighted by atomic mass is 16.4. The molecule has 4 rings (SSSR count). The van der Waals surface area contributed by atoms with Crippen LogP contribution in [0.2, 0.25) is 0 Å². The second-order valence-corrected chi connectivity index (χ2v) is 23.6. The van der Waals surface area contributed by atoms with Gasteiger partial charge in [-0.05, 0) is 112 Å². The average Bonchev–Trinajstić information content (AvgIpc) is 4.26. The molecule has 0 aliphatic carbocycles. The highest BCUT2D eigenvalue weighted by molar-refractivity contribution is 5.99. The van der Waals surface area contributed by atoms with E-state index in [0.29, 0.717) is 37.8 Å². The summed E-state index contributed by atoms with van der Waals surface area (Å²) < 4.78 is 0. The summed E-state index contributed by atoms with van der Waals surface area (Å²) in [7, 11) is 0. The first kappa shape index (κ1) is 68.5. The first-order valence-corrected chi connectivity index (χ1v) is 29.6. The largest absolute Gasteiger partial charge is 0.480 e. The Labute approximate surface area is 489 Å². The van der Waals surface area contributed by atoms with Crippen LogP contribution in [0.4, 0.5) is 0 Å². The van der Waals surface area contributed by atoms with Crippen LogP contribution in [0.5, 0.6) is 0 Å². The highest BCUT2D eigenvalue weighted by Gasteiger charge is 2.43. The van der Waals surface area contributed by atoms with E-state index < -0.39 is 131 Å². The molecule has 0 spiro atoms. The normalized spacial score (nSPS) is 18.1. The number of benzene rings is 2. The molecule has 2 aliphatic rings. The first-order chi connectivity index (χ1) is 39.4. The van der Waals surface area contributed by atoms with E-state index in [1.807, 2.05) is 45.9 Å². The fraction of sp³-hybridized carbons (Fsp3) is 0.633. The van der Waals surface area contributed by atoms with Gasteiger partial charge in [-0.15, -0.1) is 0 Å². The Hall–Kier alpha value is -6.98. The number of rotatable bonds is 33. The number of nitrogens with zero attached hydrogens (tertiary/aromatic N) is 2. The molecule has 0 radical (unpaired) electrons. The Balaban J connectivity index is 1.54. The number of carboxylic acids is 1. The standard InChI is InChI=1S/C60H94N12O11/c1-35(2)31-43(65-51(73)41(63)23-15-27-61)53(75)67-45(33-39-19-11-9-12-20-39)58(80)71-29-17-25-47(71)55(77)69-49(37(5)6)57(79)64-42(24-16-28-62)52(74)66-44(32-36(3)4)54(76)68-46(34-40-21-13-10-14-22-40)59(81)72-30-18-26-48(72)56(78)70-50(38(7)8)60(82)83/h9-14,19-22,35-38,41-50H,15-18,23-34,61-63H2,1-8H3,(H,64,79)(H,65,73)(H,66,74)(H,67,75)(H,68,76)(H,69,77)(H,70,78)(H,82,83)/t41-,42-,43-,44-,45+,46+,47-,48-,49-,50-/m0/s1. The van der Waals surface area contributed by atoms with Gasteiger partial charge in [-0.1, -0.05) is 116 Å². The molecule has 0 unspecified atom stereocenters. The molecule has 9 amide bonds. The second kappa shape index (κ2) is 34.0. The number of aliphatic carboxylic acids is 1. The summed E-state index contributed by atoms with van der Waals surface area (Å²) in [6.07, 6.45) is 3.09. The topological polar surface area (TPSA) is 360 Å². The summed E-state index contributed by atoms with van der Waals surface area (Å²) in [5.74, 6) is -7.90. The minimum atomic E-state index is -1.24. The number of hydrogen-bond acceptors (Lipinski definition) is 13. The summed E-state index contributed by atoms with van der Waals surface area (Å²) in [4.78, 5) is 143. The predicted molar refractivity (Wildman–Crippen MR) is 314 cm³/mol. The van der Waals surface area contributed by atoms with E-state index >= 15 is 0 Å². The third-order valence-electron chi connectivity index (χ3n) is 15.0. The SMILES string of the molecule is CC(C)C[C@H](NC(=O)[C@H](CCCN)NC(=O)[C@@H](NC(=O)[C@@H]1CCCN1C(=O)[C@@H](Cc1ccccc1)NC(=O)[C@H](CC(C)C)NC(=O)[C@@H](N)CCCN)C(C)C)C(=O)N[C@H](Cc1ccccc1)C(=O)N1CCC[C@H]1C(=O)N[C@H](C(=O)O)C(C)C. The van der Waals surface area contributed by atoms with Crippen LogP contribution in [0.25, 0.3) is 0 Å². The van der Waals surface area contributed by atoms with Crippen LogP contribution in [0.15, 0.2) is 60.7 Å². The molecule has 2 aliphatic heterocycles. The summed E-state index contributed by atoms with van der Waals surface area (Å²) in [6.45, 7) is 15.1. The molecule has 0 bridgehead atoms. The van der Waals surface area contributed by atoms with Crippen molar-refractivity contribution >= 4 is 59.1 Å². The molecule has 2 fully saturated rings. The van der Waals surface area contributed by atoms with Crippen molar-refractivity contribution in [2.75, 3.05) is 26.2 Å². The van der Waals surface area contributed by atoms with Crippen LogP contribution in [0.3, 0.4) is 0 Å². The molecule has 0 aromatic heterocycles. The minimum absolute atomic E-state index is 0.0276. The van der Waals surface area contributed by atoms with Crippen LogP contribution < -0.4 is 54.4 Å². The number of likely N-dealkylation sites (tertiary alicyclic amines) is 2. The van der Waals surface area contributed by atoms with Crippen molar-refractivity contribution in [2.24, 2.45) is 40.9 Å². The zero-order valence-corrected chi connectivity index (χ0v) is 49.8. The molecule has 14 N–H and O–H groups in total. The van der Waals surface area contributed by atoms with Crippen molar-refractivity contribution < 1.29 is 53.1 Å².